The topological polar surface area (TPSA) is 152 Å². The third kappa shape index (κ3) is 3.98. The summed E-state index contributed by atoms with van der Waals surface area (Å²) in [6.07, 6.45) is -5.95. The highest BCUT2D eigenvalue weighted by Gasteiger charge is 2.56. The first-order chi connectivity index (χ1) is 12.2. The van der Waals surface area contributed by atoms with Gasteiger partial charge in [-0.15, -0.1) is 0 Å². The van der Waals surface area contributed by atoms with E-state index in [0.717, 1.165) is 5.56 Å². The van der Waals surface area contributed by atoms with Crippen LogP contribution in [0.1, 0.15) is 24.9 Å². The maximum Gasteiger partial charge on any atom is 0.217 e. The first-order valence-electron chi connectivity index (χ1n) is 8.30. The fourth-order valence-corrected chi connectivity index (χ4v) is 3.34. The number of carbonyl (C=O) groups excluding carboxylic acids is 1. The molecule has 0 saturated carbocycles. The van der Waals surface area contributed by atoms with E-state index < -0.39 is 48.7 Å². The van der Waals surface area contributed by atoms with E-state index in [-0.39, 0.29) is 12.2 Å². The fraction of sp³-hybridized carbons (Fsp3) is 0.588. The Balaban J connectivity index is 2.38. The van der Waals surface area contributed by atoms with Gasteiger partial charge in [-0.05, 0) is 31.2 Å². The molecule has 6 atom stereocenters. The van der Waals surface area contributed by atoms with Crippen LogP contribution in [0, 0.1) is 0 Å². The lowest BCUT2D eigenvalue weighted by atomic mass is 9.77. The standard InChI is InChI=1S/C17H26N2O7/c1-9(21)19-17(15(24)14(23)13(8-20)26-16(17)25)7-12(18-2)10-3-5-11(22)6-4-10/h3-6,12-16,18,20,22-25H,7-8H2,1-2H3,(H,19,21)/t12?,13-,14+,15+,16+,17-/m1/s1. The Bertz CT molecular complexity index is 612. The van der Waals surface area contributed by atoms with Crippen molar-refractivity contribution in [1.29, 1.82) is 0 Å². The molecule has 0 aliphatic carbocycles. The Morgan fingerprint density at radius 3 is 2.38 bits per heavy atom. The maximum absolute atomic E-state index is 11.7. The molecule has 0 spiro atoms. The minimum absolute atomic E-state index is 0.0224. The van der Waals surface area contributed by atoms with Gasteiger partial charge in [0, 0.05) is 13.0 Å². The zero-order valence-electron chi connectivity index (χ0n) is 14.7. The molecule has 0 aromatic heterocycles. The molecule has 1 aromatic rings. The summed E-state index contributed by atoms with van der Waals surface area (Å²) < 4.78 is 5.25. The van der Waals surface area contributed by atoms with Crippen molar-refractivity contribution in [2.75, 3.05) is 13.7 Å². The quantitative estimate of drug-likeness (QED) is 0.315. The number of phenols is 1. The number of hydrogen-bond donors (Lipinski definition) is 7. The van der Waals surface area contributed by atoms with E-state index >= 15 is 0 Å². The normalized spacial score (nSPS) is 32.8. The highest BCUT2D eigenvalue weighted by molar-refractivity contribution is 5.74. The highest BCUT2D eigenvalue weighted by atomic mass is 16.6. The number of rotatable bonds is 6. The van der Waals surface area contributed by atoms with Gasteiger partial charge in [0.15, 0.2) is 6.29 Å². The van der Waals surface area contributed by atoms with Gasteiger partial charge in [-0.2, -0.15) is 0 Å². The summed E-state index contributed by atoms with van der Waals surface area (Å²) in [7, 11) is 1.66. The van der Waals surface area contributed by atoms with Gasteiger partial charge >= 0.3 is 0 Å². The first-order valence-corrected chi connectivity index (χ1v) is 8.30. The summed E-state index contributed by atoms with van der Waals surface area (Å²) >= 11 is 0. The summed E-state index contributed by atoms with van der Waals surface area (Å²) in [5.41, 5.74) is -0.976. The van der Waals surface area contributed by atoms with Crippen LogP contribution in [0.15, 0.2) is 24.3 Å². The van der Waals surface area contributed by atoms with Crippen molar-refractivity contribution in [3.8, 4) is 5.75 Å². The number of nitrogens with one attached hydrogen (secondary N) is 2. The zero-order chi connectivity index (χ0) is 19.5. The second kappa shape index (κ2) is 8.30. The number of benzene rings is 1. The first kappa shape index (κ1) is 20.6. The molecule has 9 heteroatoms. The molecule has 1 aromatic carbocycles. The number of aliphatic hydroxyl groups excluding tert-OH is 4. The molecule has 0 bridgehead atoms. The molecule has 1 amide bonds. The molecule has 1 aliphatic heterocycles. The van der Waals surface area contributed by atoms with E-state index in [1.807, 2.05) is 0 Å². The molecule has 1 aliphatic rings. The van der Waals surface area contributed by atoms with Crippen LogP contribution >= 0.6 is 0 Å². The molecule has 1 unspecified atom stereocenters. The number of aromatic hydroxyl groups is 1. The summed E-state index contributed by atoms with van der Waals surface area (Å²) in [5, 5.41) is 55.6. The van der Waals surface area contributed by atoms with Crippen LogP contribution in [0.4, 0.5) is 0 Å². The Morgan fingerprint density at radius 2 is 1.88 bits per heavy atom. The maximum atomic E-state index is 11.7. The van der Waals surface area contributed by atoms with Crippen LogP contribution in [-0.2, 0) is 9.53 Å². The van der Waals surface area contributed by atoms with Crippen molar-refractivity contribution in [3.63, 3.8) is 0 Å². The molecule has 1 saturated heterocycles. The SMILES string of the molecule is CNC(C[C@]1(NC(C)=O)[C@@H](O)O[C@H](CO)[C@H](O)[C@@H]1O)c1ccc(O)cc1. The molecule has 1 fully saturated rings. The summed E-state index contributed by atoms with van der Waals surface area (Å²) in [4.78, 5) is 11.7. The van der Waals surface area contributed by atoms with Gasteiger partial charge in [-0.3, -0.25) is 4.79 Å². The van der Waals surface area contributed by atoms with Crippen LogP contribution in [0.25, 0.3) is 0 Å². The van der Waals surface area contributed by atoms with Crippen molar-refractivity contribution in [1.82, 2.24) is 10.6 Å². The van der Waals surface area contributed by atoms with E-state index in [1.54, 1.807) is 19.2 Å². The van der Waals surface area contributed by atoms with E-state index in [4.69, 9.17) is 4.74 Å². The van der Waals surface area contributed by atoms with Gasteiger partial charge < -0.3 is 40.9 Å². The number of aliphatic hydroxyl groups is 4. The van der Waals surface area contributed by atoms with Crippen molar-refractivity contribution in [2.24, 2.45) is 0 Å². The molecule has 9 nitrogen and oxygen atoms in total. The molecule has 1 heterocycles. The van der Waals surface area contributed by atoms with E-state index in [1.165, 1.54) is 19.1 Å². The summed E-state index contributed by atoms with van der Waals surface area (Å²) in [5.74, 6) is -0.440. The molecule has 0 radical (unpaired) electrons. The Kier molecular flexibility index (Phi) is 6.56. The monoisotopic (exact) mass is 370 g/mol. The lowest BCUT2D eigenvalue weighted by molar-refractivity contribution is -0.286. The molecule has 7 N–H and O–H groups in total. The zero-order valence-corrected chi connectivity index (χ0v) is 14.7. The average molecular weight is 370 g/mol. The van der Waals surface area contributed by atoms with Gasteiger partial charge in [-0.25, -0.2) is 0 Å². The fourth-order valence-electron chi connectivity index (χ4n) is 3.34. The van der Waals surface area contributed by atoms with Crippen LogP contribution < -0.4 is 10.6 Å². The Hall–Kier alpha value is -1.75. The number of phenolic OH excluding ortho intramolecular Hbond substituents is 1. The molecule has 146 valence electrons. The second-order valence-corrected chi connectivity index (χ2v) is 6.50. The minimum atomic E-state index is -1.71. The third-order valence-corrected chi connectivity index (χ3v) is 4.75. The summed E-state index contributed by atoms with van der Waals surface area (Å²) in [6.45, 7) is 0.624. The van der Waals surface area contributed by atoms with Gasteiger partial charge in [0.2, 0.25) is 5.91 Å². The van der Waals surface area contributed by atoms with Crippen molar-refractivity contribution < 1.29 is 35.1 Å². The highest BCUT2D eigenvalue weighted by Crippen LogP contribution is 2.36. The second-order valence-electron chi connectivity index (χ2n) is 6.50. The third-order valence-electron chi connectivity index (χ3n) is 4.75. The van der Waals surface area contributed by atoms with Crippen LogP contribution in [0.3, 0.4) is 0 Å². The van der Waals surface area contributed by atoms with Crippen LogP contribution in [0.5, 0.6) is 5.75 Å². The summed E-state index contributed by atoms with van der Waals surface area (Å²) in [6, 6.07) is 5.85. The lowest BCUT2D eigenvalue weighted by Gasteiger charge is -2.50. The Labute approximate surface area is 151 Å². The number of carbonyl (C=O) groups is 1. The van der Waals surface area contributed by atoms with Crippen LogP contribution in [-0.4, -0.2) is 75.2 Å². The van der Waals surface area contributed by atoms with Gasteiger partial charge in [0.05, 0.1) is 6.61 Å². The van der Waals surface area contributed by atoms with Gasteiger partial charge in [-0.1, -0.05) is 12.1 Å². The number of hydrogen-bond acceptors (Lipinski definition) is 8. The minimum Gasteiger partial charge on any atom is -0.508 e. The van der Waals surface area contributed by atoms with E-state index in [9.17, 15) is 30.3 Å². The van der Waals surface area contributed by atoms with Gasteiger partial charge in [0.25, 0.3) is 0 Å². The predicted octanol–water partition coefficient (Wildman–Crippen LogP) is -1.65. The van der Waals surface area contributed by atoms with Crippen LogP contribution in [0.2, 0.25) is 0 Å². The number of ether oxygens (including phenoxy) is 1. The Morgan fingerprint density at radius 1 is 1.27 bits per heavy atom. The molecular formula is C17H26N2O7. The molecule has 2 rings (SSSR count). The lowest BCUT2D eigenvalue weighted by Crippen LogP contribution is -2.73. The number of amides is 1. The predicted molar refractivity (Wildman–Crippen MR) is 91.1 cm³/mol. The smallest absolute Gasteiger partial charge is 0.217 e. The van der Waals surface area contributed by atoms with Crippen molar-refractivity contribution in [2.45, 2.75) is 49.5 Å². The van der Waals surface area contributed by atoms with Crippen molar-refractivity contribution in [3.05, 3.63) is 29.8 Å². The van der Waals surface area contributed by atoms with E-state index in [0.29, 0.717) is 0 Å². The molecular weight excluding hydrogens is 344 g/mol. The average Bonchev–Trinajstić information content (AvgIpc) is 2.61. The molecule has 26 heavy (non-hydrogen) atoms. The van der Waals surface area contributed by atoms with E-state index in [2.05, 4.69) is 10.6 Å². The van der Waals surface area contributed by atoms with Gasteiger partial charge in [0.1, 0.15) is 29.6 Å². The van der Waals surface area contributed by atoms with Crippen molar-refractivity contribution >= 4 is 5.91 Å². The largest absolute Gasteiger partial charge is 0.508 e.